The Hall–Kier alpha value is -1.10. The van der Waals surface area contributed by atoms with Gasteiger partial charge in [-0.05, 0) is 54.5 Å². The van der Waals surface area contributed by atoms with Crippen LogP contribution in [0.5, 0.6) is 0 Å². The minimum absolute atomic E-state index is 0. The summed E-state index contributed by atoms with van der Waals surface area (Å²) in [6, 6.07) is 16.8. The average Bonchev–Trinajstić information content (AvgIpc) is 3.06. The van der Waals surface area contributed by atoms with E-state index in [0.717, 1.165) is 43.5 Å². The molecule has 4 rings (SSSR count). The van der Waals surface area contributed by atoms with Crippen molar-refractivity contribution in [2.45, 2.75) is 49.7 Å². The molecule has 2 aromatic rings. The average molecular weight is 442 g/mol. The first-order valence-electron chi connectivity index (χ1n) is 9.42. The number of halogens is 3. The lowest BCUT2D eigenvalue weighted by atomic mass is 9.68. The first-order chi connectivity index (χ1) is 12.7. The molecule has 0 amide bonds. The van der Waals surface area contributed by atoms with Gasteiger partial charge in [0.1, 0.15) is 6.29 Å². The van der Waals surface area contributed by atoms with Gasteiger partial charge in [0.05, 0.1) is 6.04 Å². The predicted octanol–water partition coefficient (Wildman–Crippen LogP) is 5.08. The Morgan fingerprint density at radius 3 is 2.46 bits per heavy atom. The van der Waals surface area contributed by atoms with Crippen LogP contribution in [0.3, 0.4) is 0 Å². The maximum absolute atomic E-state index is 11.8. The van der Waals surface area contributed by atoms with Crippen LogP contribution in [0, 0.1) is 0 Å². The number of hydrogen-bond donors (Lipinski definition) is 1. The molecule has 1 saturated carbocycles. The van der Waals surface area contributed by atoms with Crippen LogP contribution in [-0.2, 0) is 16.8 Å². The number of carbonyl (C=O) groups is 1. The topological polar surface area (TPSA) is 46.3 Å². The van der Waals surface area contributed by atoms with Crippen LogP contribution in [0.4, 0.5) is 0 Å². The van der Waals surface area contributed by atoms with Crippen molar-refractivity contribution in [2.75, 3.05) is 6.54 Å². The summed E-state index contributed by atoms with van der Waals surface area (Å²) in [4.78, 5) is 14.2. The SMILES string of the molecule is Cl.Cl.NCC1(c2cccc(Cl)c2)CCC(N2Cc3ccccc3C2C=O)CC1. The van der Waals surface area contributed by atoms with Crippen molar-refractivity contribution < 1.29 is 4.79 Å². The summed E-state index contributed by atoms with van der Waals surface area (Å²) in [5.74, 6) is 0. The molecule has 0 aromatic heterocycles. The number of carbonyl (C=O) groups excluding carboxylic acids is 1. The van der Waals surface area contributed by atoms with Gasteiger partial charge in [0.25, 0.3) is 0 Å². The molecule has 2 aliphatic rings. The van der Waals surface area contributed by atoms with E-state index in [1.54, 1.807) is 0 Å². The highest BCUT2D eigenvalue weighted by Crippen LogP contribution is 2.44. The molecule has 3 nitrogen and oxygen atoms in total. The van der Waals surface area contributed by atoms with E-state index in [0.29, 0.717) is 12.6 Å². The highest BCUT2D eigenvalue weighted by Gasteiger charge is 2.41. The highest BCUT2D eigenvalue weighted by atomic mass is 35.5. The van der Waals surface area contributed by atoms with Crippen LogP contribution in [0.25, 0.3) is 0 Å². The molecule has 1 heterocycles. The van der Waals surface area contributed by atoms with E-state index in [4.69, 9.17) is 17.3 Å². The fourth-order valence-electron chi connectivity index (χ4n) is 4.86. The van der Waals surface area contributed by atoms with Gasteiger partial charge in [-0.25, -0.2) is 0 Å². The number of nitrogens with two attached hydrogens (primary N) is 1. The van der Waals surface area contributed by atoms with E-state index in [9.17, 15) is 4.79 Å². The lowest BCUT2D eigenvalue weighted by Crippen LogP contribution is -2.45. The van der Waals surface area contributed by atoms with E-state index < -0.39 is 0 Å². The van der Waals surface area contributed by atoms with Gasteiger partial charge < -0.3 is 10.5 Å². The van der Waals surface area contributed by atoms with Gasteiger partial charge in [0.2, 0.25) is 0 Å². The second-order valence-corrected chi connectivity index (χ2v) is 8.11. The van der Waals surface area contributed by atoms with E-state index in [-0.39, 0.29) is 36.3 Å². The van der Waals surface area contributed by atoms with E-state index in [1.807, 2.05) is 18.2 Å². The molecule has 2 aromatic carbocycles. The molecule has 1 fully saturated rings. The summed E-state index contributed by atoms with van der Waals surface area (Å²) in [7, 11) is 0. The van der Waals surface area contributed by atoms with E-state index in [2.05, 4.69) is 35.2 Å². The summed E-state index contributed by atoms with van der Waals surface area (Å²) in [5.41, 5.74) is 9.95. The third-order valence-corrected chi connectivity index (χ3v) is 6.66. The number of nitrogens with zero attached hydrogens (tertiary/aromatic N) is 1. The number of benzene rings is 2. The van der Waals surface area contributed by atoms with Crippen molar-refractivity contribution in [3.05, 3.63) is 70.2 Å². The van der Waals surface area contributed by atoms with Crippen molar-refractivity contribution in [1.82, 2.24) is 4.90 Å². The number of fused-ring (bicyclic) bond motifs is 1. The van der Waals surface area contributed by atoms with Crippen molar-refractivity contribution in [2.24, 2.45) is 5.73 Å². The Labute approximate surface area is 184 Å². The smallest absolute Gasteiger partial charge is 0.141 e. The highest BCUT2D eigenvalue weighted by molar-refractivity contribution is 6.30. The van der Waals surface area contributed by atoms with Crippen LogP contribution >= 0.6 is 36.4 Å². The monoisotopic (exact) mass is 440 g/mol. The zero-order valence-corrected chi connectivity index (χ0v) is 18.1. The number of hydrogen-bond acceptors (Lipinski definition) is 3. The molecule has 152 valence electrons. The van der Waals surface area contributed by atoms with Gasteiger partial charge in [-0.2, -0.15) is 0 Å². The Balaban J connectivity index is 0.00000140. The zero-order valence-electron chi connectivity index (χ0n) is 15.7. The van der Waals surface area contributed by atoms with Crippen LogP contribution in [0.15, 0.2) is 48.5 Å². The fraction of sp³-hybridized carbons (Fsp3) is 0.409. The summed E-state index contributed by atoms with van der Waals surface area (Å²) in [6.45, 7) is 1.51. The standard InChI is InChI=1S/C22H25ClN2O.2ClH/c23-18-6-3-5-17(12-18)22(15-24)10-8-19(9-11-22)25-13-16-4-1-2-7-20(16)21(25)14-26;;/h1-7,12,14,19,21H,8-11,13,15,24H2;2*1H. The quantitative estimate of drug-likeness (QED) is 0.673. The molecule has 28 heavy (non-hydrogen) atoms. The second-order valence-electron chi connectivity index (χ2n) is 7.68. The summed E-state index contributed by atoms with van der Waals surface area (Å²) >= 11 is 6.22. The Morgan fingerprint density at radius 2 is 1.82 bits per heavy atom. The van der Waals surface area contributed by atoms with Crippen LogP contribution < -0.4 is 5.73 Å². The Kier molecular flexibility index (Phi) is 7.95. The minimum Gasteiger partial charge on any atom is -0.330 e. The van der Waals surface area contributed by atoms with Gasteiger partial charge in [0.15, 0.2) is 0 Å². The van der Waals surface area contributed by atoms with E-state index >= 15 is 0 Å². The van der Waals surface area contributed by atoms with Crippen molar-refractivity contribution in [3.63, 3.8) is 0 Å². The minimum atomic E-state index is -0.104. The molecular weight excluding hydrogens is 415 g/mol. The molecule has 1 unspecified atom stereocenters. The maximum Gasteiger partial charge on any atom is 0.141 e. The normalized spacial score (nSPS) is 26.6. The molecule has 1 aliphatic carbocycles. The molecule has 1 aliphatic heterocycles. The summed E-state index contributed by atoms with van der Waals surface area (Å²) in [5, 5.41) is 0.772. The number of aldehydes is 1. The molecule has 6 heteroatoms. The van der Waals surface area contributed by atoms with Gasteiger partial charge in [-0.3, -0.25) is 4.90 Å². The molecule has 0 spiro atoms. The van der Waals surface area contributed by atoms with Crippen LogP contribution in [0.1, 0.15) is 48.4 Å². The maximum atomic E-state index is 11.8. The zero-order chi connectivity index (χ0) is 18.1. The molecular formula is C22H27Cl3N2O. The summed E-state index contributed by atoms with van der Waals surface area (Å²) < 4.78 is 0. The van der Waals surface area contributed by atoms with Crippen molar-refractivity contribution in [3.8, 4) is 0 Å². The largest absolute Gasteiger partial charge is 0.330 e. The van der Waals surface area contributed by atoms with Gasteiger partial charge in [-0.15, -0.1) is 24.8 Å². The molecule has 0 radical (unpaired) electrons. The van der Waals surface area contributed by atoms with E-state index in [1.165, 1.54) is 16.7 Å². The lowest BCUT2D eigenvalue weighted by Gasteiger charge is -2.43. The second kappa shape index (κ2) is 9.60. The lowest BCUT2D eigenvalue weighted by molar-refractivity contribution is -0.113. The van der Waals surface area contributed by atoms with Crippen molar-refractivity contribution >= 4 is 42.7 Å². The van der Waals surface area contributed by atoms with Crippen LogP contribution in [0.2, 0.25) is 5.02 Å². The summed E-state index contributed by atoms with van der Waals surface area (Å²) in [6.07, 6.45) is 5.29. The first-order valence-corrected chi connectivity index (χ1v) is 9.79. The van der Waals surface area contributed by atoms with Gasteiger partial charge in [-0.1, -0.05) is 48.0 Å². The third kappa shape index (κ3) is 4.10. The molecule has 0 saturated heterocycles. The fourth-order valence-corrected chi connectivity index (χ4v) is 5.05. The molecule has 1 atom stereocenters. The third-order valence-electron chi connectivity index (χ3n) is 6.42. The Bertz CT molecular complexity index is 806. The number of rotatable bonds is 4. The first kappa shape index (κ1) is 23.2. The molecule has 0 bridgehead atoms. The van der Waals surface area contributed by atoms with Gasteiger partial charge >= 0.3 is 0 Å². The predicted molar refractivity (Wildman–Crippen MR) is 120 cm³/mol. The van der Waals surface area contributed by atoms with Crippen molar-refractivity contribution in [1.29, 1.82) is 0 Å². The molecule has 2 N–H and O–H groups in total. The Morgan fingerprint density at radius 1 is 1.11 bits per heavy atom. The van der Waals surface area contributed by atoms with Gasteiger partial charge in [0, 0.05) is 29.6 Å². The van der Waals surface area contributed by atoms with Crippen LogP contribution in [-0.4, -0.2) is 23.8 Å².